The summed E-state index contributed by atoms with van der Waals surface area (Å²) in [4.78, 5) is 17.1. The van der Waals surface area contributed by atoms with E-state index in [1.807, 2.05) is 24.3 Å². The highest BCUT2D eigenvalue weighted by Gasteiger charge is 2.21. The first-order valence-electron chi connectivity index (χ1n) is 6.60. The van der Waals surface area contributed by atoms with Gasteiger partial charge in [-0.1, -0.05) is 25.1 Å². The van der Waals surface area contributed by atoms with Crippen LogP contribution in [0.4, 0.5) is 5.82 Å². The fraction of sp³-hybridized carbons (Fsp3) is 0.400. The number of hydrogen-bond acceptors (Lipinski definition) is 2. The molecule has 0 amide bonds. The highest BCUT2D eigenvalue weighted by atomic mass is 16.1. The third kappa shape index (κ3) is 1.80. The molecule has 2 aromatic rings. The van der Waals surface area contributed by atoms with Crippen molar-refractivity contribution in [1.82, 2.24) is 4.98 Å². The van der Waals surface area contributed by atoms with Crippen LogP contribution in [0.2, 0.25) is 0 Å². The molecule has 0 saturated carbocycles. The Morgan fingerprint density at radius 2 is 2.00 bits per heavy atom. The van der Waals surface area contributed by atoms with Gasteiger partial charge in [0.25, 0.3) is 0 Å². The number of aldehydes is 1. The van der Waals surface area contributed by atoms with Gasteiger partial charge >= 0.3 is 0 Å². The maximum Gasteiger partial charge on any atom is 0.154 e. The number of nitrogens with zero attached hydrogens (tertiary/aromatic N) is 1. The fourth-order valence-electron chi connectivity index (χ4n) is 2.75. The van der Waals surface area contributed by atoms with Crippen molar-refractivity contribution in [2.45, 2.75) is 19.8 Å². The zero-order valence-corrected chi connectivity index (χ0v) is 10.6. The molecule has 0 atom stereocenters. The molecule has 2 heterocycles. The van der Waals surface area contributed by atoms with Crippen molar-refractivity contribution in [3.8, 4) is 0 Å². The topological polar surface area (TPSA) is 36.1 Å². The van der Waals surface area contributed by atoms with E-state index in [0.29, 0.717) is 0 Å². The summed E-state index contributed by atoms with van der Waals surface area (Å²) < 4.78 is 0. The molecular weight excluding hydrogens is 224 g/mol. The van der Waals surface area contributed by atoms with Crippen LogP contribution in [0.3, 0.4) is 0 Å². The Labute approximate surface area is 107 Å². The predicted octanol–water partition coefficient (Wildman–Crippen LogP) is 3.22. The van der Waals surface area contributed by atoms with E-state index in [0.717, 1.165) is 47.6 Å². The van der Waals surface area contributed by atoms with Crippen molar-refractivity contribution in [2.75, 3.05) is 18.0 Å². The Morgan fingerprint density at radius 3 is 2.72 bits per heavy atom. The number of nitrogens with one attached hydrogen (secondary N) is 1. The van der Waals surface area contributed by atoms with E-state index >= 15 is 0 Å². The van der Waals surface area contributed by atoms with Gasteiger partial charge in [0.1, 0.15) is 5.82 Å². The number of H-pyrrole nitrogens is 1. The lowest BCUT2D eigenvalue weighted by molar-refractivity contribution is 0.112. The third-order valence-electron chi connectivity index (χ3n) is 3.94. The summed E-state index contributed by atoms with van der Waals surface area (Å²) in [7, 11) is 0. The minimum atomic E-state index is 0.797. The number of para-hydroxylation sites is 1. The molecule has 1 saturated heterocycles. The average Bonchev–Trinajstić information content (AvgIpc) is 2.78. The van der Waals surface area contributed by atoms with E-state index < -0.39 is 0 Å². The number of hydrogen-bond donors (Lipinski definition) is 1. The summed E-state index contributed by atoms with van der Waals surface area (Å²) in [5, 5.41) is 1.03. The maximum atomic E-state index is 11.4. The van der Waals surface area contributed by atoms with Gasteiger partial charge in [-0.15, -0.1) is 0 Å². The van der Waals surface area contributed by atoms with E-state index in [9.17, 15) is 4.79 Å². The molecule has 1 aliphatic rings. The molecule has 94 valence electrons. The molecule has 1 aromatic carbocycles. The molecule has 3 heteroatoms. The first-order valence-corrected chi connectivity index (χ1v) is 6.60. The second-order valence-corrected chi connectivity index (χ2v) is 5.22. The van der Waals surface area contributed by atoms with E-state index in [4.69, 9.17) is 0 Å². The summed E-state index contributed by atoms with van der Waals surface area (Å²) in [6, 6.07) is 8.00. The number of anilines is 1. The van der Waals surface area contributed by atoms with Crippen molar-refractivity contribution >= 4 is 23.0 Å². The molecule has 0 spiro atoms. The van der Waals surface area contributed by atoms with Crippen LogP contribution in [0.15, 0.2) is 24.3 Å². The smallest absolute Gasteiger partial charge is 0.154 e. The second kappa shape index (κ2) is 4.48. The first kappa shape index (κ1) is 11.3. The Hall–Kier alpha value is -1.77. The van der Waals surface area contributed by atoms with Gasteiger partial charge in [0.15, 0.2) is 6.29 Å². The SMILES string of the molecule is CC1CCN(c2[nH]c3ccccc3c2C=O)CC1. The van der Waals surface area contributed by atoms with E-state index in [1.54, 1.807) is 0 Å². The fourth-order valence-corrected chi connectivity index (χ4v) is 2.75. The number of rotatable bonds is 2. The zero-order valence-electron chi connectivity index (χ0n) is 10.6. The molecule has 3 nitrogen and oxygen atoms in total. The summed E-state index contributed by atoms with van der Waals surface area (Å²) in [5.74, 6) is 1.79. The van der Waals surface area contributed by atoms with Crippen LogP contribution in [0, 0.1) is 5.92 Å². The van der Waals surface area contributed by atoms with Crippen molar-refractivity contribution in [3.63, 3.8) is 0 Å². The molecule has 1 aromatic heterocycles. The zero-order chi connectivity index (χ0) is 12.5. The Morgan fingerprint density at radius 1 is 1.28 bits per heavy atom. The average molecular weight is 242 g/mol. The van der Waals surface area contributed by atoms with Crippen LogP contribution in [-0.2, 0) is 0 Å². The molecule has 1 fully saturated rings. The number of carbonyl (C=O) groups is 1. The predicted molar refractivity (Wildman–Crippen MR) is 74.3 cm³/mol. The van der Waals surface area contributed by atoms with Crippen molar-refractivity contribution in [3.05, 3.63) is 29.8 Å². The number of carbonyl (C=O) groups excluding carboxylic acids is 1. The molecule has 18 heavy (non-hydrogen) atoms. The van der Waals surface area contributed by atoms with E-state index in [1.165, 1.54) is 12.8 Å². The van der Waals surface area contributed by atoms with Crippen LogP contribution in [0.5, 0.6) is 0 Å². The highest BCUT2D eigenvalue weighted by Crippen LogP contribution is 2.30. The minimum Gasteiger partial charge on any atom is -0.358 e. The lowest BCUT2D eigenvalue weighted by atomic mass is 9.99. The van der Waals surface area contributed by atoms with Crippen molar-refractivity contribution < 1.29 is 4.79 Å². The number of aromatic amines is 1. The molecule has 0 unspecified atom stereocenters. The van der Waals surface area contributed by atoms with Gasteiger partial charge in [0.2, 0.25) is 0 Å². The van der Waals surface area contributed by atoms with Crippen molar-refractivity contribution in [2.24, 2.45) is 5.92 Å². The molecule has 0 bridgehead atoms. The number of aromatic nitrogens is 1. The first-order chi connectivity index (χ1) is 8.79. The number of benzene rings is 1. The van der Waals surface area contributed by atoms with Gasteiger partial charge in [-0.2, -0.15) is 0 Å². The molecule has 3 rings (SSSR count). The monoisotopic (exact) mass is 242 g/mol. The standard InChI is InChI=1S/C15H18N2O/c1-11-6-8-17(9-7-11)15-13(10-18)12-4-2-3-5-14(12)16-15/h2-5,10-11,16H,6-9H2,1H3. The Balaban J connectivity index is 2.03. The van der Waals surface area contributed by atoms with E-state index in [-0.39, 0.29) is 0 Å². The quantitative estimate of drug-likeness (QED) is 0.821. The van der Waals surface area contributed by atoms with Gasteiger partial charge < -0.3 is 9.88 Å². The normalized spacial score (nSPS) is 17.3. The Bertz CT molecular complexity index is 565. The van der Waals surface area contributed by atoms with Gasteiger partial charge in [-0.3, -0.25) is 4.79 Å². The van der Waals surface area contributed by atoms with Gasteiger partial charge in [-0.25, -0.2) is 0 Å². The van der Waals surface area contributed by atoms with Crippen LogP contribution in [0.25, 0.3) is 10.9 Å². The minimum absolute atomic E-state index is 0.797. The lowest BCUT2D eigenvalue weighted by Crippen LogP contribution is -2.33. The summed E-state index contributed by atoms with van der Waals surface area (Å²) in [6.07, 6.45) is 3.38. The van der Waals surface area contributed by atoms with Gasteiger partial charge in [0, 0.05) is 24.0 Å². The van der Waals surface area contributed by atoms with Crippen LogP contribution < -0.4 is 4.90 Å². The second-order valence-electron chi connectivity index (χ2n) is 5.22. The van der Waals surface area contributed by atoms with Crippen LogP contribution in [-0.4, -0.2) is 24.4 Å². The number of piperidine rings is 1. The molecule has 1 N–H and O–H groups in total. The summed E-state index contributed by atoms with van der Waals surface area (Å²) >= 11 is 0. The van der Waals surface area contributed by atoms with Crippen molar-refractivity contribution in [1.29, 1.82) is 0 Å². The summed E-state index contributed by atoms with van der Waals surface area (Å²) in [5.41, 5.74) is 1.85. The lowest BCUT2D eigenvalue weighted by Gasteiger charge is -2.31. The number of fused-ring (bicyclic) bond motifs is 1. The molecule has 0 radical (unpaired) electrons. The third-order valence-corrected chi connectivity index (χ3v) is 3.94. The van der Waals surface area contributed by atoms with Crippen LogP contribution in [0.1, 0.15) is 30.1 Å². The summed E-state index contributed by atoms with van der Waals surface area (Å²) in [6.45, 7) is 4.37. The van der Waals surface area contributed by atoms with Crippen LogP contribution >= 0.6 is 0 Å². The maximum absolute atomic E-state index is 11.4. The largest absolute Gasteiger partial charge is 0.358 e. The molecule has 1 aliphatic heterocycles. The van der Waals surface area contributed by atoms with Gasteiger partial charge in [0.05, 0.1) is 5.56 Å². The molecule has 0 aliphatic carbocycles. The molecular formula is C15H18N2O. The van der Waals surface area contributed by atoms with Gasteiger partial charge in [-0.05, 0) is 24.8 Å². The van der Waals surface area contributed by atoms with E-state index in [2.05, 4.69) is 16.8 Å². The Kier molecular flexibility index (Phi) is 2.82. The highest BCUT2D eigenvalue weighted by molar-refractivity contribution is 6.03.